The number of nitrogens with two attached hydrogens (primary N) is 1. The molecule has 0 saturated carbocycles. The summed E-state index contributed by atoms with van der Waals surface area (Å²) in [6.07, 6.45) is 2.46. The summed E-state index contributed by atoms with van der Waals surface area (Å²) >= 11 is 0. The van der Waals surface area contributed by atoms with Crippen molar-refractivity contribution >= 4 is 11.8 Å². The van der Waals surface area contributed by atoms with Crippen LogP contribution in [0.4, 0.5) is 0 Å². The lowest BCUT2D eigenvalue weighted by molar-refractivity contribution is -0.138. The highest BCUT2D eigenvalue weighted by Gasteiger charge is 2.20. The summed E-state index contributed by atoms with van der Waals surface area (Å²) in [7, 11) is 1.64. The molecule has 1 heterocycles. The van der Waals surface area contributed by atoms with E-state index in [0.717, 1.165) is 25.9 Å². The lowest BCUT2D eigenvalue weighted by atomic mass is 10.3. The van der Waals surface area contributed by atoms with Crippen molar-refractivity contribution in [2.24, 2.45) is 5.73 Å². The monoisotopic (exact) mass is 213 g/mol. The lowest BCUT2D eigenvalue weighted by Crippen LogP contribution is -2.40. The molecule has 1 aliphatic rings. The predicted octanol–water partition coefficient (Wildman–Crippen LogP) is -0.584. The van der Waals surface area contributed by atoms with Crippen LogP contribution in [0, 0.1) is 0 Å². The molecule has 0 aliphatic carbocycles. The third-order valence-electron chi connectivity index (χ3n) is 2.62. The second-order valence-corrected chi connectivity index (χ2v) is 3.88. The van der Waals surface area contributed by atoms with Crippen LogP contribution in [0.5, 0.6) is 0 Å². The zero-order valence-corrected chi connectivity index (χ0v) is 9.24. The van der Waals surface area contributed by atoms with Gasteiger partial charge in [-0.25, -0.2) is 0 Å². The van der Waals surface area contributed by atoms with Crippen molar-refractivity contribution in [2.45, 2.75) is 19.3 Å². The van der Waals surface area contributed by atoms with Crippen LogP contribution in [0.1, 0.15) is 19.3 Å². The highest BCUT2D eigenvalue weighted by Crippen LogP contribution is 2.07. The Morgan fingerprint density at radius 1 is 1.33 bits per heavy atom. The Balaban J connectivity index is 2.33. The molecule has 1 rings (SSSR count). The molecule has 0 atom stereocenters. The van der Waals surface area contributed by atoms with Gasteiger partial charge in [0, 0.05) is 33.1 Å². The second-order valence-electron chi connectivity index (χ2n) is 3.88. The molecule has 2 N–H and O–H groups in total. The first-order valence-electron chi connectivity index (χ1n) is 5.37. The van der Waals surface area contributed by atoms with E-state index < -0.39 is 0 Å². The zero-order chi connectivity index (χ0) is 11.3. The highest BCUT2D eigenvalue weighted by atomic mass is 16.2. The number of hydrogen-bond acceptors (Lipinski definition) is 3. The third-order valence-corrected chi connectivity index (χ3v) is 2.62. The molecule has 0 aromatic heterocycles. The SMILES string of the molecule is CN(CC(=O)N1CCCC1)C(=O)CCN. The smallest absolute Gasteiger partial charge is 0.242 e. The van der Waals surface area contributed by atoms with Gasteiger partial charge in [0.25, 0.3) is 0 Å². The Bertz CT molecular complexity index is 237. The Morgan fingerprint density at radius 2 is 1.93 bits per heavy atom. The maximum atomic E-state index is 11.7. The summed E-state index contributed by atoms with van der Waals surface area (Å²) in [5.41, 5.74) is 5.28. The largest absolute Gasteiger partial charge is 0.341 e. The maximum absolute atomic E-state index is 11.7. The van der Waals surface area contributed by atoms with E-state index in [1.54, 1.807) is 7.05 Å². The van der Waals surface area contributed by atoms with Crippen molar-refractivity contribution in [3.8, 4) is 0 Å². The molecule has 86 valence electrons. The van der Waals surface area contributed by atoms with Gasteiger partial charge in [0.05, 0.1) is 6.54 Å². The predicted molar refractivity (Wildman–Crippen MR) is 57.1 cm³/mol. The molecule has 0 aromatic carbocycles. The normalized spacial score (nSPS) is 15.5. The number of amides is 2. The third kappa shape index (κ3) is 3.51. The fourth-order valence-corrected chi connectivity index (χ4v) is 1.67. The molecule has 0 bridgehead atoms. The van der Waals surface area contributed by atoms with Gasteiger partial charge in [0.15, 0.2) is 0 Å². The molecule has 15 heavy (non-hydrogen) atoms. The van der Waals surface area contributed by atoms with E-state index in [0.29, 0.717) is 13.0 Å². The van der Waals surface area contributed by atoms with Gasteiger partial charge < -0.3 is 15.5 Å². The second kappa shape index (κ2) is 5.70. The van der Waals surface area contributed by atoms with E-state index in [-0.39, 0.29) is 18.4 Å². The summed E-state index contributed by atoms with van der Waals surface area (Å²) in [6, 6.07) is 0. The first kappa shape index (κ1) is 12.0. The molecule has 5 nitrogen and oxygen atoms in total. The van der Waals surface area contributed by atoms with Crippen LogP contribution in [-0.2, 0) is 9.59 Å². The molecule has 0 spiro atoms. The van der Waals surface area contributed by atoms with Crippen molar-refractivity contribution < 1.29 is 9.59 Å². The number of nitrogens with zero attached hydrogens (tertiary/aromatic N) is 2. The van der Waals surface area contributed by atoms with E-state index in [1.807, 2.05) is 4.90 Å². The van der Waals surface area contributed by atoms with Crippen molar-refractivity contribution in [2.75, 3.05) is 33.2 Å². The summed E-state index contributed by atoms with van der Waals surface area (Å²) in [6.45, 7) is 2.18. The summed E-state index contributed by atoms with van der Waals surface area (Å²) in [4.78, 5) is 26.3. The van der Waals surface area contributed by atoms with Gasteiger partial charge in [0.2, 0.25) is 11.8 Å². The number of rotatable bonds is 4. The number of carbonyl (C=O) groups excluding carboxylic acids is 2. The van der Waals surface area contributed by atoms with E-state index in [9.17, 15) is 9.59 Å². The Morgan fingerprint density at radius 3 is 2.47 bits per heavy atom. The Labute approximate surface area is 90.2 Å². The minimum absolute atomic E-state index is 0.0420. The fraction of sp³-hybridized carbons (Fsp3) is 0.800. The van der Waals surface area contributed by atoms with E-state index >= 15 is 0 Å². The minimum Gasteiger partial charge on any atom is -0.341 e. The molecule has 1 saturated heterocycles. The average molecular weight is 213 g/mol. The highest BCUT2D eigenvalue weighted by molar-refractivity contribution is 5.84. The minimum atomic E-state index is -0.0648. The summed E-state index contributed by atoms with van der Waals surface area (Å²) in [5.74, 6) is -0.0228. The zero-order valence-electron chi connectivity index (χ0n) is 9.24. The van der Waals surface area contributed by atoms with Crippen LogP contribution < -0.4 is 5.73 Å². The topological polar surface area (TPSA) is 66.6 Å². The van der Waals surface area contributed by atoms with Crippen LogP contribution in [0.25, 0.3) is 0 Å². The van der Waals surface area contributed by atoms with Crippen molar-refractivity contribution in [1.29, 1.82) is 0 Å². The Kier molecular flexibility index (Phi) is 4.55. The van der Waals surface area contributed by atoms with Crippen LogP contribution in [0.2, 0.25) is 0 Å². The molecule has 0 aromatic rings. The van der Waals surface area contributed by atoms with Gasteiger partial charge in [-0.05, 0) is 12.8 Å². The van der Waals surface area contributed by atoms with Crippen molar-refractivity contribution in [1.82, 2.24) is 9.80 Å². The molecule has 0 radical (unpaired) electrons. The molecule has 5 heteroatoms. The van der Waals surface area contributed by atoms with Crippen LogP contribution >= 0.6 is 0 Å². The van der Waals surface area contributed by atoms with Crippen LogP contribution in [0.3, 0.4) is 0 Å². The van der Waals surface area contributed by atoms with Gasteiger partial charge in [-0.15, -0.1) is 0 Å². The van der Waals surface area contributed by atoms with Gasteiger partial charge in [-0.3, -0.25) is 9.59 Å². The lowest BCUT2D eigenvalue weighted by Gasteiger charge is -2.21. The maximum Gasteiger partial charge on any atom is 0.242 e. The fourth-order valence-electron chi connectivity index (χ4n) is 1.67. The Hall–Kier alpha value is -1.10. The van der Waals surface area contributed by atoms with Crippen LogP contribution in [-0.4, -0.2) is 54.8 Å². The van der Waals surface area contributed by atoms with Gasteiger partial charge in [0.1, 0.15) is 0 Å². The van der Waals surface area contributed by atoms with E-state index in [2.05, 4.69) is 0 Å². The number of likely N-dealkylation sites (tertiary alicyclic amines) is 1. The van der Waals surface area contributed by atoms with Gasteiger partial charge in [-0.1, -0.05) is 0 Å². The number of likely N-dealkylation sites (N-methyl/N-ethyl adjacent to an activating group) is 1. The quantitative estimate of drug-likeness (QED) is 0.679. The molecular formula is C10H19N3O2. The standard InChI is InChI=1S/C10H19N3O2/c1-12(9(14)4-5-11)8-10(15)13-6-2-3-7-13/h2-8,11H2,1H3. The summed E-state index contributed by atoms with van der Waals surface area (Å²) < 4.78 is 0. The molecule has 2 amide bonds. The molecule has 0 unspecified atom stereocenters. The van der Waals surface area contributed by atoms with Crippen LogP contribution in [0.15, 0.2) is 0 Å². The van der Waals surface area contributed by atoms with Gasteiger partial charge >= 0.3 is 0 Å². The first-order chi connectivity index (χ1) is 7.15. The van der Waals surface area contributed by atoms with Crippen molar-refractivity contribution in [3.05, 3.63) is 0 Å². The number of hydrogen-bond donors (Lipinski definition) is 1. The molecule has 1 aliphatic heterocycles. The number of carbonyl (C=O) groups is 2. The van der Waals surface area contributed by atoms with Crippen molar-refractivity contribution in [3.63, 3.8) is 0 Å². The average Bonchev–Trinajstić information content (AvgIpc) is 2.70. The van der Waals surface area contributed by atoms with Gasteiger partial charge in [-0.2, -0.15) is 0 Å². The summed E-state index contributed by atoms with van der Waals surface area (Å²) in [5, 5.41) is 0. The first-order valence-corrected chi connectivity index (χ1v) is 5.37. The molecule has 1 fully saturated rings. The van der Waals surface area contributed by atoms with E-state index in [4.69, 9.17) is 5.73 Å². The molecular weight excluding hydrogens is 194 g/mol. The van der Waals surface area contributed by atoms with E-state index in [1.165, 1.54) is 4.90 Å².